The molecular weight excluding hydrogens is 266 g/mol. The highest BCUT2D eigenvalue weighted by Gasteiger charge is 2.59. The van der Waals surface area contributed by atoms with Crippen molar-refractivity contribution in [3.8, 4) is 0 Å². The predicted molar refractivity (Wildman–Crippen MR) is 78.1 cm³/mol. The first kappa shape index (κ1) is 12.6. The Labute approximate surface area is 123 Å². The van der Waals surface area contributed by atoms with E-state index < -0.39 is 5.60 Å². The van der Waals surface area contributed by atoms with Gasteiger partial charge in [-0.05, 0) is 49.5 Å². The number of hydrogen-bond donors (Lipinski definition) is 0. The van der Waals surface area contributed by atoms with Gasteiger partial charge in [-0.1, -0.05) is 18.2 Å². The van der Waals surface area contributed by atoms with Crippen molar-refractivity contribution in [2.45, 2.75) is 43.7 Å². The minimum absolute atomic E-state index is 0.103. The Kier molecular flexibility index (Phi) is 2.67. The van der Waals surface area contributed by atoms with Crippen LogP contribution in [0.4, 0.5) is 10.5 Å². The van der Waals surface area contributed by atoms with E-state index >= 15 is 0 Å². The third kappa shape index (κ3) is 1.75. The van der Waals surface area contributed by atoms with Crippen LogP contribution in [0.2, 0.25) is 0 Å². The summed E-state index contributed by atoms with van der Waals surface area (Å²) in [4.78, 5) is 26.2. The molecule has 1 heterocycles. The Hall–Kier alpha value is -2.10. The lowest BCUT2D eigenvalue weighted by molar-refractivity contribution is -0.117. The molecule has 1 amide bonds. The van der Waals surface area contributed by atoms with Crippen molar-refractivity contribution in [3.05, 3.63) is 42.0 Å². The summed E-state index contributed by atoms with van der Waals surface area (Å²) in [6, 6.07) is 9.31. The Bertz CT molecular complexity index is 637. The van der Waals surface area contributed by atoms with E-state index in [9.17, 15) is 9.59 Å². The van der Waals surface area contributed by atoms with Gasteiger partial charge in [0.25, 0.3) is 0 Å². The topological polar surface area (TPSA) is 46.6 Å². The third-order valence-corrected chi connectivity index (χ3v) is 4.87. The standard InChI is InChI=1S/C17H17NO3/c19-14-10-12-6-4-5-9-17(12)15(11-14)18(16(20)21-17)13-7-2-1-3-8-13/h1-3,7-8,10,15H,4-6,9,11H2/t15-,17+/m1/s1. The molecule has 0 unspecified atom stereocenters. The number of benzene rings is 1. The van der Waals surface area contributed by atoms with Crippen LogP contribution in [0.5, 0.6) is 0 Å². The molecule has 1 saturated heterocycles. The first-order valence-corrected chi connectivity index (χ1v) is 7.52. The van der Waals surface area contributed by atoms with Crippen molar-refractivity contribution in [3.63, 3.8) is 0 Å². The second-order valence-electron chi connectivity index (χ2n) is 6.03. The second kappa shape index (κ2) is 4.45. The van der Waals surface area contributed by atoms with Crippen LogP contribution < -0.4 is 4.90 Å². The molecule has 0 radical (unpaired) electrons. The molecule has 0 N–H and O–H groups in total. The minimum atomic E-state index is -0.570. The highest BCUT2D eigenvalue weighted by Crippen LogP contribution is 2.49. The number of allylic oxidation sites excluding steroid dienone is 1. The molecule has 0 bridgehead atoms. The van der Waals surface area contributed by atoms with Gasteiger partial charge in [0.1, 0.15) is 0 Å². The Morgan fingerprint density at radius 3 is 2.76 bits per heavy atom. The van der Waals surface area contributed by atoms with Gasteiger partial charge in [-0.25, -0.2) is 4.79 Å². The van der Waals surface area contributed by atoms with Gasteiger partial charge in [-0.3, -0.25) is 9.69 Å². The van der Waals surface area contributed by atoms with Gasteiger partial charge >= 0.3 is 6.09 Å². The molecular formula is C17H17NO3. The summed E-state index contributed by atoms with van der Waals surface area (Å²) in [6.07, 6.45) is 5.54. The summed E-state index contributed by atoms with van der Waals surface area (Å²) < 4.78 is 5.84. The highest BCUT2D eigenvalue weighted by molar-refractivity contribution is 5.99. The van der Waals surface area contributed by atoms with Crippen LogP contribution in [0.1, 0.15) is 32.1 Å². The van der Waals surface area contributed by atoms with Crippen LogP contribution in [0.25, 0.3) is 0 Å². The van der Waals surface area contributed by atoms with Gasteiger partial charge in [0.05, 0.1) is 6.04 Å². The maximum atomic E-state index is 12.5. The largest absolute Gasteiger partial charge is 0.436 e. The van der Waals surface area contributed by atoms with E-state index in [4.69, 9.17) is 4.74 Å². The molecule has 1 aromatic carbocycles. The molecule has 1 aromatic rings. The zero-order valence-corrected chi connectivity index (χ0v) is 11.7. The summed E-state index contributed by atoms with van der Waals surface area (Å²) >= 11 is 0. The van der Waals surface area contributed by atoms with Crippen LogP contribution in [0.3, 0.4) is 0 Å². The zero-order chi connectivity index (χ0) is 14.4. The van der Waals surface area contributed by atoms with Crippen LogP contribution in [0.15, 0.2) is 42.0 Å². The maximum Gasteiger partial charge on any atom is 0.415 e. The summed E-state index contributed by atoms with van der Waals surface area (Å²) in [5.41, 5.74) is 1.25. The monoisotopic (exact) mass is 283 g/mol. The van der Waals surface area contributed by atoms with E-state index in [0.717, 1.165) is 36.9 Å². The SMILES string of the molecule is O=C1C=C2CCCC[C@]23OC(=O)N(c2ccccc2)[C@@H]3C1. The van der Waals surface area contributed by atoms with Crippen LogP contribution in [0, 0.1) is 0 Å². The lowest BCUT2D eigenvalue weighted by Gasteiger charge is -2.41. The fraction of sp³-hybridized carbons (Fsp3) is 0.412. The molecule has 21 heavy (non-hydrogen) atoms. The van der Waals surface area contributed by atoms with Crippen molar-refractivity contribution >= 4 is 17.6 Å². The molecule has 1 spiro atoms. The maximum absolute atomic E-state index is 12.5. The second-order valence-corrected chi connectivity index (χ2v) is 6.03. The lowest BCUT2D eigenvalue weighted by Crippen LogP contribution is -2.51. The lowest BCUT2D eigenvalue weighted by atomic mass is 9.70. The molecule has 1 saturated carbocycles. The first-order chi connectivity index (χ1) is 10.2. The Morgan fingerprint density at radius 2 is 1.95 bits per heavy atom. The number of anilines is 1. The zero-order valence-electron chi connectivity index (χ0n) is 11.7. The Morgan fingerprint density at radius 1 is 1.14 bits per heavy atom. The molecule has 2 atom stereocenters. The molecule has 108 valence electrons. The number of rotatable bonds is 1. The van der Waals surface area contributed by atoms with E-state index in [1.54, 1.807) is 11.0 Å². The molecule has 0 aromatic heterocycles. The van der Waals surface area contributed by atoms with Crippen molar-refractivity contribution < 1.29 is 14.3 Å². The number of para-hydroxylation sites is 1. The summed E-state index contributed by atoms with van der Waals surface area (Å²) in [6.45, 7) is 0. The number of ether oxygens (including phenoxy) is 1. The molecule has 2 fully saturated rings. The quantitative estimate of drug-likeness (QED) is 0.795. The third-order valence-electron chi connectivity index (χ3n) is 4.87. The van der Waals surface area contributed by atoms with Gasteiger partial charge in [0.15, 0.2) is 11.4 Å². The summed E-state index contributed by atoms with van der Waals surface area (Å²) in [5.74, 6) is 0.103. The average Bonchev–Trinajstić information content (AvgIpc) is 2.77. The molecule has 2 aliphatic carbocycles. The van der Waals surface area contributed by atoms with Crippen molar-refractivity contribution in [1.82, 2.24) is 0 Å². The van der Waals surface area contributed by atoms with Crippen molar-refractivity contribution in [2.24, 2.45) is 0 Å². The average molecular weight is 283 g/mol. The number of nitrogens with zero attached hydrogens (tertiary/aromatic N) is 1. The summed E-state index contributed by atoms with van der Waals surface area (Å²) in [7, 11) is 0. The molecule has 1 aliphatic heterocycles. The van der Waals surface area contributed by atoms with Crippen molar-refractivity contribution in [1.29, 1.82) is 0 Å². The van der Waals surface area contributed by atoms with E-state index in [-0.39, 0.29) is 17.9 Å². The number of carbonyl (C=O) groups excluding carboxylic acids is 2. The van der Waals surface area contributed by atoms with Crippen LogP contribution in [-0.2, 0) is 9.53 Å². The normalized spacial score (nSPS) is 31.3. The van der Waals surface area contributed by atoms with Gasteiger partial charge in [-0.2, -0.15) is 0 Å². The predicted octanol–water partition coefficient (Wildman–Crippen LogP) is 3.22. The number of amides is 1. The van der Waals surface area contributed by atoms with E-state index in [1.807, 2.05) is 30.3 Å². The molecule has 4 rings (SSSR count). The molecule has 4 nitrogen and oxygen atoms in total. The molecule has 4 heteroatoms. The van der Waals surface area contributed by atoms with Gasteiger partial charge in [-0.15, -0.1) is 0 Å². The van der Waals surface area contributed by atoms with E-state index in [0.29, 0.717) is 6.42 Å². The number of carbonyl (C=O) groups is 2. The smallest absolute Gasteiger partial charge is 0.415 e. The first-order valence-electron chi connectivity index (χ1n) is 7.52. The minimum Gasteiger partial charge on any atom is -0.436 e. The Balaban J connectivity index is 1.81. The van der Waals surface area contributed by atoms with Crippen LogP contribution >= 0.6 is 0 Å². The van der Waals surface area contributed by atoms with E-state index in [1.165, 1.54) is 0 Å². The summed E-state index contributed by atoms with van der Waals surface area (Å²) in [5, 5.41) is 0. The van der Waals surface area contributed by atoms with Crippen LogP contribution in [-0.4, -0.2) is 23.5 Å². The van der Waals surface area contributed by atoms with Gasteiger partial charge in [0, 0.05) is 12.1 Å². The fourth-order valence-corrected chi connectivity index (χ4v) is 3.95. The fourth-order valence-electron chi connectivity index (χ4n) is 3.95. The van der Waals surface area contributed by atoms with Crippen molar-refractivity contribution in [2.75, 3.05) is 4.90 Å². The van der Waals surface area contributed by atoms with Gasteiger partial charge < -0.3 is 4.74 Å². The molecule has 3 aliphatic rings. The number of hydrogen-bond acceptors (Lipinski definition) is 3. The van der Waals surface area contributed by atoms with Gasteiger partial charge in [0.2, 0.25) is 0 Å². The highest BCUT2D eigenvalue weighted by atomic mass is 16.6. The number of ketones is 1. The van der Waals surface area contributed by atoms with E-state index in [2.05, 4.69) is 0 Å².